The lowest BCUT2D eigenvalue weighted by molar-refractivity contribution is 0.0601. The maximum Gasteiger partial charge on any atom is 0.337 e. The van der Waals surface area contributed by atoms with Gasteiger partial charge in [0.1, 0.15) is 11.8 Å². The average molecular weight is 330 g/mol. The van der Waals surface area contributed by atoms with Crippen molar-refractivity contribution in [2.24, 2.45) is 0 Å². The Bertz CT molecular complexity index is 1080. The van der Waals surface area contributed by atoms with Crippen LogP contribution < -0.4 is 5.32 Å². The number of hydrogen-bond donors (Lipinski definition) is 1. The fourth-order valence-electron chi connectivity index (χ4n) is 2.73. The largest absolute Gasteiger partial charge is 0.465 e. The standard InChI is InChI=1S/C19H14N4O2/c1-25-19(24)12-7-8-14-15-10-20-11-21-17(15)18(23-16(14)9-12)22-13-5-3-2-4-6-13/h2-11H,1H3,(H,22,23). The van der Waals surface area contributed by atoms with Crippen molar-refractivity contribution in [1.29, 1.82) is 0 Å². The molecule has 6 nitrogen and oxygen atoms in total. The van der Waals surface area contributed by atoms with Gasteiger partial charge in [-0.15, -0.1) is 0 Å². The van der Waals surface area contributed by atoms with Gasteiger partial charge in [0.2, 0.25) is 0 Å². The van der Waals surface area contributed by atoms with Gasteiger partial charge in [-0.3, -0.25) is 0 Å². The molecule has 0 aliphatic heterocycles. The van der Waals surface area contributed by atoms with Crippen molar-refractivity contribution in [2.45, 2.75) is 0 Å². The van der Waals surface area contributed by atoms with Gasteiger partial charge in [-0.1, -0.05) is 24.3 Å². The van der Waals surface area contributed by atoms with Crippen LogP contribution in [0.4, 0.5) is 11.5 Å². The number of ether oxygens (including phenoxy) is 1. The molecule has 2 aromatic carbocycles. The van der Waals surface area contributed by atoms with Gasteiger partial charge in [0.25, 0.3) is 0 Å². The summed E-state index contributed by atoms with van der Waals surface area (Å²) in [7, 11) is 1.36. The molecule has 4 rings (SSSR count). The Morgan fingerprint density at radius 2 is 1.92 bits per heavy atom. The van der Waals surface area contributed by atoms with Crippen LogP contribution in [-0.4, -0.2) is 28.0 Å². The van der Waals surface area contributed by atoms with E-state index < -0.39 is 5.97 Å². The summed E-state index contributed by atoms with van der Waals surface area (Å²) in [5.41, 5.74) is 2.74. The number of hydrogen-bond acceptors (Lipinski definition) is 6. The number of aromatic nitrogens is 3. The third-order valence-electron chi connectivity index (χ3n) is 3.91. The van der Waals surface area contributed by atoms with Crippen molar-refractivity contribution in [1.82, 2.24) is 15.0 Å². The molecule has 122 valence electrons. The monoisotopic (exact) mass is 330 g/mol. The van der Waals surface area contributed by atoms with Gasteiger partial charge < -0.3 is 10.1 Å². The summed E-state index contributed by atoms with van der Waals surface area (Å²) in [4.78, 5) is 25.0. The second-order valence-corrected chi connectivity index (χ2v) is 5.46. The van der Waals surface area contributed by atoms with Crippen molar-refractivity contribution in [2.75, 3.05) is 12.4 Å². The van der Waals surface area contributed by atoms with Crippen molar-refractivity contribution in [3.63, 3.8) is 0 Å². The molecule has 0 unspecified atom stereocenters. The minimum Gasteiger partial charge on any atom is -0.465 e. The number of pyridine rings is 1. The first-order chi connectivity index (χ1) is 12.3. The maximum atomic E-state index is 11.8. The van der Waals surface area contributed by atoms with Gasteiger partial charge in [-0.25, -0.2) is 19.7 Å². The second kappa shape index (κ2) is 6.16. The number of rotatable bonds is 3. The van der Waals surface area contributed by atoms with E-state index in [0.29, 0.717) is 16.9 Å². The molecule has 0 atom stereocenters. The Hall–Kier alpha value is -3.54. The lowest BCUT2D eigenvalue weighted by atomic mass is 10.1. The highest BCUT2D eigenvalue weighted by molar-refractivity contribution is 6.09. The van der Waals surface area contributed by atoms with Crippen LogP contribution in [0.3, 0.4) is 0 Å². The molecule has 25 heavy (non-hydrogen) atoms. The van der Waals surface area contributed by atoms with E-state index in [0.717, 1.165) is 22.0 Å². The first kappa shape index (κ1) is 15.0. The van der Waals surface area contributed by atoms with E-state index in [9.17, 15) is 4.79 Å². The SMILES string of the molecule is COC(=O)c1ccc2c(c1)nc(Nc1ccccc1)c1ncncc12. The summed E-state index contributed by atoms with van der Waals surface area (Å²) < 4.78 is 4.79. The molecular formula is C19H14N4O2. The van der Waals surface area contributed by atoms with E-state index in [1.165, 1.54) is 13.4 Å². The Morgan fingerprint density at radius 3 is 2.72 bits per heavy atom. The highest BCUT2D eigenvalue weighted by atomic mass is 16.5. The Morgan fingerprint density at radius 1 is 1.08 bits per heavy atom. The highest BCUT2D eigenvalue weighted by Crippen LogP contribution is 2.29. The van der Waals surface area contributed by atoms with Crippen LogP contribution >= 0.6 is 0 Å². The molecular weight excluding hydrogens is 316 g/mol. The van der Waals surface area contributed by atoms with Crippen LogP contribution in [0, 0.1) is 0 Å². The number of carbonyl (C=O) groups is 1. The predicted octanol–water partition coefficient (Wildman–Crippen LogP) is 3.71. The summed E-state index contributed by atoms with van der Waals surface area (Å²) in [6.45, 7) is 0. The molecule has 0 aliphatic carbocycles. The van der Waals surface area contributed by atoms with Crippen molar-refractivity contribution in [3.8, 4) is 0 Å². The molecule has 1 N–H and O–H groups in total. The normalized spacial score (nSPS) is 10.8. The molecule has 0 bridgehead atoms. The topological polar surface area (TPSA) is 77.0 Å². The van der Waals surface area contributed by atoms with Crippen LogP contribution in [0.25, 0.3) is 21.8 Å². The minimum absolute atomic E-state index is 0.398. The van der Waals surface area contributed by atoms with Gasteiger partial charge in [0.05, 0.1) is 18.2 Å². The molecule has 0 saturated carbocycles. The van der Waals surface area contributed by atoms with Crippen molar-refractivity contribution >= 4 is 39.3 Å². The molecule has 6 heteroatoms. The van der Waals surface area contributed by atoms with Gasteiger partial charge in [0, 0.05) is 22.7 Å². The van der Waals surface area contributed by atoms with E-state index in [-0.39, 0.29) is 0 Å². The number of esters is 1. The summed E-state index contributed by atoms with van der Waals surface area (Å²) in [5, 5.41) is 5.02. The summed E-state index contributed by atoms with van der Waals surface area (Å²) in [6.07, 6.45) is 3.25. The molecule has 0 fully saturated rings. The predicted molar refractivity (Wildman–Crippen MR) is 95.9 cm³/mol. The van der Waals surface area contributed by atoms with E-state index in [1.807, 2.05) is 36.4 Å². The summed E-state index contributed by atoms with van der Waals surface area (Å²) in [5.74, 6) is 0.212. The van der Waals surface area contributed by atoms with E-state index in [4.69, 9.17) is 4.74 Å². The molecule has 0 spiro atoms. The molecule has 0 amide bonds. The fraction of sp³-hybridized carbons (Fsp3) is 0.0526. The van der Waals surface area contributed by atoms with Crippen LogP contribution in [0.2, 0.25) is 0 Å². The highest BCUT2D eigenvalue weighted by Gasteiger charge is 2.13. The molecule has 2 aromatic heterocycles. The lowest BCUT2D eigenvalue weighted by Gasteiger charge is -2.11. The lowest BCUT2D eigenvalue weighted by Crippen LogP contribution is -2.02. The second-order valence-electron chi connectivity index (χ2n) is 5.46. The van der Waals surface area contributed by atoms with E-state index in [1.54, 1.807) is 18.3 Å². The number of methoxy groups -OCH3 is 1. The average Bonchev–Trinajstić information content (AvgIpc) is 2.68. The van der Waals surface area contributed by atoms with Crippen LogP contribution in [0.15, 0.2) is 61.1 Å². The van der Waals surface area contributed by atoms with Gasteiger partial charge in [-0.2, -0.15) is 0 Å². The zero-order chi connectivity index (χ0) is 17.2. The minimum atomic E-state index is -0.398. The third-order valence-corrected chi connectivity index (χ3v) is 3.91. The smallest absolute Gasteiger partial charge is 0.337 e. The summed E-state index contributed by atoms with van der Waals surface area (Å²) in [6, 6.07) is 15.0. The Labute approximate surface area is 143 Å². The van der Waals surface area contributed by atoms with Crippen molar-refractivity contribution < 1.29 is 9.53 Å². The first-order valence-corrected chi connectivity index (χ1v) is 7.70. The number of carbonyl (C=O) groups excluding carboxylic acids is 1. The number of benzene rings is 2. The summed E-state index contributed by atoms with van der Waals surface area (Å²) >= 11 is 0. The number of fused-ring (bicyclic) bond motifs is 3. The fourth-order valence-corrected chi connectivity index (χ4v) is 2.73. The molecule has 0 saturated heterocycles. The zero-order valence-corrected chi connectivity index (χ0v) is 13.4. The molecule has 2 heterocycles. The molecule has 0 aliphatic rings. The number of anilines is 2. The maximum absolute atomic E-state index is 11.8. The quantitative estimate of drug-likeness (QED) is 0.456. The van der Waals surface area contributed by atoms with Crippen molar-refractivity contribution in [3.05, 3.63) is 66.6 Å². The number of nitrogens with zero attached hydrogens (tertiary/aromatic N) is 3. The van der Waals surface area contributed by atoms with Crippen LogP contribution in [0.5, 0.6) is 0 Å². The number of para-hydroxylation sites is 1. The molecule has 0 radical (unpaired) electrons. The van der Waals surface area contributed by atoms with Gasteiger partial charge >= 0.3 is 5.97 Å². The Balaban J connectivity index is 1.94. The third kappa shape index (κ3) is 2.74. The molecule has 4 aromatic rings. The Kier molecular flexibility index (Phi) is 3.70. The van der Waals surface area contributed by atoms with Crippen LogP contribution in [-0.2, 0) is 4.74 Å². The van der Waals surface area contributed by atoms with Gasteiger partial charge in [-0.05, 0) is 24.3 Å². The number of nitrogens with one attached hydrogen (secondary N) is 1. The van der Waals surface area contributed by atoms with E-state index >= 15 is 0 Å². The first-order valence-electron chi connectivity index (χ1n) is 7.70. The zero-order valence-electron chi connectivity index (χ0n) is 13.4. The van der Waals surface area contributed by atoms with Crippen LogP contribution in [0.1, 0.15) is 10.4 Å². The van der Waals surface area contributed by atoms with Gasteiger partial charge in [0.15, 0.2) is 5.82 Å². The van der Waals surface area contributed by atoms with E-state index in [2.05, 4.69) is 20.3 Å².